The number of ketones is 2. The number of sulfonamides is 1. The van der Waals surface area contributed by atoms with E-state index in [1.54, 1.807) is 12.1 Å². The second-order valence-electron chi connectivity index (χ2n) is 12.9. The average Bonchev–Trinajstić information content (AvgIpc) is 3.05. The third kappa shape index (κ3) is 12.7. The first-order valence-corrected chi connectivity index (χ1v) is 19.8. The fourth-order valence-corrected chi connectivity index (χ4v) is 6.56. The molecule has 0 atom stereocenters. The molecular formula is C39H57N3O5S. The number of fused-ring (bicyclic) bond motifs is 1. The van der Waals surface area contributed by atoms with E-state index in [9.17, 15) is 18.0 Å². The third-order valence-corrected chi connectivity index (χ3v) is 9.58. The van der Waals surface area contributed by atoms with Crippen LogP contribution < -0.4 is 9.62 Å². The van der Waals surface area contributed by atoms with Crippen molar-refractivity contribution < 1.29 is 22.7 Å². The zero-order chi connectivity index (χ0) is 34.9. The molecule has 0 bridgehead atoms. The quantitative estimate of drug-likeness (QED) is 0.0938. The summed E-state index contributed by atoms with van der Waals surface area (Å²) in [6, 6.07) is 11.5. The van der Waals surface area contributed by atoms with Crippen molar-refractivity contribution in [3.63, 3.8) is 0 Å². The monoisotopic (exact) mass is 679 g/mol. The van der Waals surface area contributed by atoms with Crippen LogP contribution in [0.15, 0.2) is 53.0 Å². The number of likely N-dealkylation sites (N-methyl/N-ethyl adjacent to an activating group) is 1. The van der Waals surface area contributed by atoms with Gasteiger partial charge in [-0.3, -0.25) is 9.59 Å². The first-order valence-electron chi connectivity index (χ1n) is 17.9. The van der Waals surface area contributed by atoms with Gasteiger partial charge in [-0.1, -0.05) is 82.9 Å². The van der Waals surface area contributed by atoms with Gasteiger partial charge in [-0.2, -0.15) is 0 Å². The van der Waals surface area contributed by atoms with Crippen molar-refractivity contribution >= 4 is 38.7 Å². The van der Waals surface area contributed by atoms with Gasteiger partial charge in [0, 0.05) is 56.1 Å². The lowest BCUT2D eigenvalue weighted by atomic mass is 9.84. The van der Waals surface area contributed by atoms with Gasteiger partial charge >= 0.3 is 0 Å². The highest BCUT2D eigenvalue weighted by atomic mass is 32.2. The SMILES string of the molecule is CCCCCCCCCCCCOCCCC(=O)C1=CC(=Nc2ccc(N(CC)CCNS(C)(=O)=O)cc2C)c2c(C)cccc2C1=O. The number of unbranched alkanes of at least 4 members (excludes halogenated alkanes) is 9. The summed E-state index contributed by atoms with van der Waals surface area (Å²) in [7, 11) is -3.25. The smallest absolute Gasteiger partial charge is 0.208 e. The van der Waals surface area contributed by atoms with Crippen LogP contribution in [-0.2, 0) is 19.6 Å². The predicted molar refractivity (Wildman–Crippen MR) is 199 cm³/mol. The molecular weight excluding hydrogens is 623 g/mol. The Hall–Kier alpha value is -3.14. The number of anilines is 1. The maximum Gasteiger partial charge on any atom is 0.208 e. The second-order valence-corrected chi connectivity index (χ2v) is 14.8. The van der Waals surface area contributed by atoms with Crippen molar-refractivity contribution in [2.45, 2.75) is 105 Å². The topological polar surface area (TPSA) is 105 Å². The second kappa shape index (κ2) is 20.4. The number of hydrogen-bond acceptors (Lipinski definition) is 7. The van der Waals surface area contributed by atoms with Gasteiger partial charge in [0.15, 0.2) is 11.6 Å². The van der Waals surface area contributed by atoms with Crippen molar-refractivity contribution in [1.29, 1.82) is 0 Å². The van der Waals surface area contributed by atoms with E-state index in [1.807, 2.05) is 51.1 Å². The Morgan fingerprint density at radius 2 is 1.54 bits per heavy atom. The van der Waals surface area contributed by atoms with Crippen LogP contribution in [0.3, 0.4) is 0 Å². The number of nitrogens with zero attached hydrogens (tertiary/aromatic N) is 2. The molecule has 0 spiro atoms. The summed E-state index contributed by atoms with van der Waals surface area (Å²) >= 11 is 0. The predicted octanol–water partition coefficient (Wildman–Crippen LogP) is 8.21. The van der Waals surface area contributed by atoms with Gasteiger partial charge in [-0.15, -0.1) is 0 Å². The number of nitrogens with one attached hydrogen (secondary N) is 1. The molecule has 0 aromatic heterocycles. The third-order valence-electron chi connectivity index (χ3n) is 8.85. The molecule has 2 aromatic carbocycles. The van der Waals surface area contributed by atoms with E-state index >= 15 is 0 Å². The van der Waals surface area contributed by atoms with Crippen LogP contribution in [0.2, 0.25) is 0 Å². The Balaban J connectivity index is 1.60. The summed E-state index contributed by atoms with van der Waals surface area (Å²) < 4.78 is 31.3. The first kappa shape index (κ1) is 39.3. The van der Waals surface area contributed by atoms with Crippen molar-refractivity contribution in [3.05, 3.63) is 70.3 Å². The summed E-state index contributed by atoms with van der Waals surface area (Å²) in [4.78, 5) is 33.9. The number of ether oxygens (including phenoxy) is 1. The highest BCUT2D eigenvalue weighted by Gasteiger charge is 2.29. The van der Waals surface area contributed by atoms with Crippen molar-refractivity contribution in [3.8, 4) is 0 Å². The number of aryl methyl sites for hydroxylation is 2. The minimum atomic E-state index is -3.25. The van der Waals surface area contributed by atoms with Crippen LogP contribution in [0, 0.1) is 13.8 Å². The lowest BCUT2D eigenvalue weighted by Crippen LogP contribution is -2.34. The molecule has 1 aliphatic carbocycles. The number of allylic oxidation sites excluding steroid dienone is 2. The van der Waals surface area contributed by atoms with Gasteiger partial charge in [-0.25, -0.2) is 18.1 Å². The minimum Gasteiger partial charge on any atom is -0.381 e. The number of hydrogen-bond donors (Lipinski definition) is 1. The highest BCUT2D eigenvalue weighted by molar-refractivity contribution is 7.88. The van der Waals surface area contributed by atoms with Crippen molar-refractivity contribution in [2.75, 3.05) is 44.0 Å². The molecule has 0 fully saturated rings. The normalized spacial score (nSPS) is 13.9. The fourth-order valence-electron chi connectivity index (χ4n) is 6.10. The van der Waals surface area contributed by atoms with Gasteiger partial charge in [-0.05, 0) is 69.0 Å². The Kier molecular flexibility index (Phi) is 16.7. The average molecular weight is 680 g/mol. The Bertz CT molecular complexity index is 1530. The molecule has 0 saturated carbocycles. The fraction of sp³-hybridized carbons (Fsp3) is 0.564. The van der Waals surface area contributed by atoms with E-state index in [-0.39, 0.29) is 23.6 Å². The van der Waals surface area contributed by atoms with Gasteiger partial charge in [0.2, 0.25) is 10.0 Å². The lowest BCUT2D eigenvalue weighted by Gasteiger charge is -2.24. The molecule has 48 heavy (non-hydrogen) atoms. The van der Waals surface area contributed by atoms with E-state index in [1.165, 1.54) is 57.8 Å². The molecule has 9 heteroatoms. The van der Waals surface area contributed by atoms with E-state index in [0.29, 0.717) is 50.5 Å². The Labute approximate surface area is 289 Å². The standard InChI is InChI=1S/C39H57N3O5S/c1-6-8-9-10-11-12-13-14-15-16-26-47-27-18-21-37(43)34-29-36(38-30(3)19-17-20-33(38)39(34)44)41-35-23-22-32(28-31(35)4)42(7-2)25-24-40-48(5,45)46/h17,19-20,22-23,28-29,40H,6-16,18,21,24-27H2,1-5H3. The largest absolute Gasteiger partial charge is 0.381 e. The van der Waals surface area contributed by atoms with E-state index in [0.717, 1.165) is 40.7 Å². The van der Waals surface area contributed by atoms with Crippen molar-refractivity contribution in [2.24, 2.45) is 4.99 Å². The summed E-state index contributed by atoms with van der Waals surface area (Å²) in [5, 5.41) is 0. The van der Waals surface area contributed by atoms with Crippen LogP contribution in [-0.4, -0.2) is 64.8 Å². The molecule has 1 aliphatic rings. The Morgan fingerprint density at radius 1 is 0.875 bits per heavy atom. The van der Waals surface area contributed by atoms with Gasteiger partial charge < -0.3 is 9.64 Å². The van der Waals surface area contributed by atoms with Crippen LogP contribution in [0.5, 0.6) is 0 Å². The molecule has 0 aliphatic heterocycles. The van der Waals surface area contributed by atoms with E-state index < -0.39 is 10.0 Å². The molecule has 0 amide bonds. The van der Waals surface area contributed by atoms with E-state index in [2.05, 4.69) is 16.5 Å². The lowest BCUT2D eigenvalue weighted by molar-refractivity contribution is -0.115. The number of aliphatic imine (C=N–C) groups is 1. The summed E-state index contributed by atoms with van der Waals surface area (Å²) in [5.74, 6) is -0.437. The molecule has 3 rings (SSSR count). The molecule has 0 saturated heterocycles. The summed E-state index contributed by atoms with van der Waals surface area (Å²) in [6.07, 6.45) is 16.5. The number of carbonyl (C=O) groups is 2. The number of carbonyl (C=O) groups excluding carboxylic acids is 2. The molecule has 264 valence electrons. The maximum atomic E-state index is 13.5. The molecule has 1 N–H and O–H groups in total. The van der Waals surface area contributed by atoms with E-state index in [4.69, 9.17) is 9.73 Å². The molecule has 0 heterocycles. The van der Waals surface area contributed by atoms with Crippen LogP contribution in [0.1, 0.15) is 118 Å². The zero-order valence-electron chi connectivity index (χ0n) is 29.9. The molecule has 2 aromatic rings. The maximum absolute atomic E-state index is 13.5. The molecule has 8 nitrogen and oxygen atoms in total. The van der Waals surface area contributed by atoms with Crippen LogP contribution in [0.4, 0.5) is 11.4 Å². The van der Waals surface area contributed by atoms with Gasteiger partial charge in [0.05, 0.1) is 23.2 Å². The molecule has 0 unspecified atom stereocenters. The zero-order valence-corrected chi connectivity index (χ0v) is 30.7. The van der Waals surface area contributed by atoms with Crippen LogP contribution >= 0.6 is 0 Å². The van der Waals surface area contributed by atoms with Gasteiger partial charge in [0.1, 0.15) is 0 Å². The Morgan fingerprint density at radius 3 is 2.19 bits per heavy atom. The van der Waals surface area contributed by atoms with Crippen LogP contribution in [0.25, 0.3) is 0 Å². The molecule has 0 radical (unpaired) electrons. The number of benzene rings is 2. The number of Topliss-reactive ketones (excluding diaryl/α,β-unsaturated/α-hetero) is 2. The first-order chi connectivity index (χ1) is 23.1. The van der Waals surface area contributed by atoms with Gasteiger partial charge in [0.25, 0.3) is 0 Å². The minimum absolute atomic E-state index is 0.173. The number of rotatable bonds is 23. The summed E-state index contributed by atoms with van der Waals surface area (Å²) in [6.45, 7) is 11.0. The summed E-state index contributed by atoms with van der Waals surface area (Å²) in [5.41, 5.74) is 5.59. The highest BCUT2D eigenvalue weighted by Crippen LogP contribution is 2.30. The van der Waals surface area contributed by atoms with Crippen molar-refractivity contribution in [1.82, 2.24) is 4.72 Å².